The number of carbonyl (C=O) groups is 1. The molecule has 1 aromatic heterocycles. The van der Waals surface area contributed by atoms with Gasteiger partial charge < -0.3 is 10.2 Å². The summed E-state index contributed by atoms with van der Waals surface area (Å²) in [4.78, 5) is 18.7. The van der Waals surface area contributed by atoms with Crippen LogP contribution in [0.15, 0.2) is 47.5 Å². The van der Waals surface area contributed by atoms with Gasteiger partial charge in [-0.2, -0.15) is 0 Å². The van der Waals surface area contributed by atoms with Crippen molar-refractivity contribution in [1.29, 1.82) is 0 Å². The first-order valence-electron chi connectivity index (χ1n) is 7.58. The van der Waals surface area contributed by atoms with Crippen LogP contribution in [0.25, 0.3) is 0 Å². The van der Waals surface area contributed by atoms with Crippen molar-refractivity contribution in [3.05, 3.63) is 53.7 Å². The third-order valence-corrected chi connectivity index (χ3v) is 5.36. The highest BCUT2D eigenvalue weighted by Crippen LogP contribution is 2.18. The van der Waals surface area contributed by atoms with Gasteiger partial charge in [0.05, 0.1) is 16.2 Å². The molecule has 1 N–H and O–H groups in total. The highest BCUT2D eigenvalue weighted by Gasteiger charge is 2.20. The van der Waals surface area contributed by atoms with Crippen LogP contribution in [0.5, 0.6) is 0 Å². The molecule has 0 bridgehead atoms. The van der Waals surface area contributed by atoms with Crippen molar-refractivity contribution in [3.8, 4) is 0 Å². The van der Waals surface area contributed by atoms with Crippen LogP contribution in [-0.2, 0) is 16.4 Å². The highest BCUT2D eigenvalue weighted by molar-refractivity contribution is 7.91. The fourth-order valence-electron chi connectivity index (χ4n) is 2.32. The van der Waals surface area contributed by atoms with E-state index in [1.54, 1.807) is 31.3 Å². The van der Waals surface area contributed by atoms with E-state index in [4.69, 9.17) is 0 Å². The first-order chi connectivity index (χ1) is 11.4. The zero-order valence-electron chi connectivity index (χ0n) is 14.0. The summed E-state index contributed by atoms with van der Waals surface area (Å²) >= 11 is 0. The lowest BCUT2D eigenvalue weighted by Gasteiger charge is -2.16. The molecule has 0 aliphatic rings. The summed E-state index contributed by atoms with van der Waals surface area (Å²) in [5.41, 5.74) is 1.02. The molecule has 0 saturated carbocycles. The van der Waals surface area contributed by atoms with Gasteiger partial charge in [-0.25, -0.2) is 13.4 Å². The molecule has 0 unspecified atom stereocenters. The molecule has 0 aliphatic carbocycles. The predicted octanol–water partition coefficient (Wildman–Crippen LogP) is 1.87. The van der Waals surface area contributed by atoms with E-state index in [1.807, 2.05) is 25.1 Å². The number of benzene rings is 1. The number of nitrogens with zero attached hydrogens (tertiary/aromatic N) is 2. The Morgan fingerprint density at radius 1 is 1.17 bits per heavy atom. The lowest BCUT2D eigenvalue weighted by molar-refractivity contribution is 0.0947. The molecule has 24 heavy (non-hydrogen) atoms. The molecule has 0 saturated heterocycles. The smallest absolute Gasteiger partial charge is 0.252 e. The quantitative estimate of drug-likeness (QED) is 0.863. The van der Waals surface area contributed by atoms with Crippen LogP contribution < -0.4 is 10.2 Å². The fraction of sp³-hybridized carbons (Fsp3) is 0.294. The number of hydrogen-bond donors (Lipinski definition) is 1. The van der Waals surface area contributed by atoms with E-state index in [-0.39, 0.29) is 22.8 Å². The molecule has 128 valence electrons. The van der Waals surface area contributed by atoms with Crippen LogP contribution in [-0.4, -0.2) is 39.2 Å². The Bertz CT molecular complexity index is 832. The summed E-state index contributed by atoms with van der Waals surface area (Å²) < 4.78 is 24.3. The average Bonchev–Trinajstić information content (AvgIpc) is 2.59. The Morgan fingerprint density at radius 2 is 1.88 bits per heavy atom. The van der Waals surface area contributed by atoms with Crippen molar-refractivity contribution in [1.82, 2.24) is 10.3 Å². The number of aromatic nitrogens is 1. The molecule has 0 fully saturated rings. The molecule has 0 atom stereocenters. The molecule has 1 amide bonds. The van der Waals surface area contributed by atoms with Gasteiger partial charge in [0.2, 0.25) is 0 Å². The predicted molar refractivity (Wildman–Crippen MR) is 93.9 cm³/mol. The molecule has 2 aromatic rings. The first-order valence-corrected chi connectivity index (χ1v) is 9.23. The third kappa shape index (κ3) is 3.91. The second-order valence-electron chi connectivity index (χ2n) is 5.46. The van der Waals surface area contributed by atoms with Gasteiger partial charge in [-0.1, -0.05) is 25.1 Å². The second kappa shape index (κ2) is 7.44. The average molecular weight is 347 g/mol. The minimum atomic E-state index is -3.46. The molecular formula is C17H21N3O3S. The Hall–Kier alpha value is -2.41. The molecule has 0 aliphatic heterocycles. The van der Waals surface area contributed by atoms with E-state index in [9.17, 15) is 13.2 Å². The minimum absolute atomic E-state index is 0.0509. The van der Waals surface area contributed by atoms with Crippen molar-refractivity contribution in [2.24, 2.45) is 0 Å². The van der Waals surface area contributed by atoms with Gasteiger partial charge in [0.1, 0.15) is 5.82 Å². The normalized spacial score (nSPS) is 11.1. The third-order valence-electron chi connectivity index (χ3n) is 3.58. The van der Waals surface area contributed by atoms with Crippen LogP contribution >= 0.6 is 0 Å². The minimum Gasteiger partial charge on any atom is -0.362 e. The van der Waals surface area contributed by atoms with Crippen molar-refractivity contribution < 1.29 is 13.2 Å². The molecule has 0 spiro atoms. The van der Waals surface area contributed by atoms with E-state index in [0.717, 1.165) is 11.4 Å². The maximum Gasteiger partial charge on any atom is 0.252 e. The van der Waals surface area contributed by atoms with E-state index in [1.165, 1.54) is 12.1 Å². The fourth-order valence-corrected chi connectivity index (χ4v) is 3.42. The highest BCUT2D eigenvalue weighted by atomic mass is 32.2. The standard InChI is InChI=1S/C17H21N3O3S/c1-4-24(22,23)15-10-6-5-9-14(15)17(21)19-12-13-8-7-11-18-16(13)20(2)3/h5-11H,4,12H2,1-3H3,(H,19,21). The molecule has 1 aromatic carbocycles. The Balaban J connectivity index is 2.24. The monoisotopic (exact) mass is 347 g/mol. The van der Waals surface area contributed by atoms with Crippen molar-refractivity contribution in [2.75, 3.05) is 24.7 Å². The van der Waals surface area contributed by atoms with Gasteiger partial charge in [0, 0.05) is 32.4 Å². The Kier molecular flexibility index (Phi) is 5.56. The molecule has 1 heterocycles. The second-order valence-corrected chi connectivity index (χ2v) is 7.71. The molecule has 2 rings (SSSR count). The van der Waals surface area contributed by atoms with Crippen molar-refractivity contribution in [3.63, 3.8) is 0 Å². The van der Waals surface area contributed by atoms with E-state index < -0.39 is 15.7 Å². The number of nitrogens with one attached hydrogen (secondary N) is 1. The van der Waals surface area contributed by atoms with Gasteiger partial charge in [0.15, 0.2) is 9.84 Å². The summed E-state index contributed by atoms with van der Waals surface area (Å²) in [6.45, 7) is 1.82. The van der Waals surface area contributed by atoms with Crippen LogP contribution in [0.1, 0.15) is 22.8 Å². The van der Waals surface area contributed by atoms with Crippen LogP contribution in [0, 0.1) is 0 Å². The summed E-state index contributed by atoms with van der Waals surface area (Å²) in [7, 11) is 0.284. The summed E-state index contributed by atoms with van der Waals surface area (Å²) in [6, 6.07) is 9.92. The lowest BCUT2D eigenvalue weighted by atomic mass is 10.2. The van der Waals surface area contributed by atoms with Crippen molar-refractivity contribution >= 4 is 21.6 Å². The maximum absolute atomic E-state index is 12.5. The zero-order valence-corrected chi connectivity index (χ0v) is 14.8. The lowest BCUT2D eigenvalue weighted by Crippen LogP contribution is -2.26. The van der Waals surface area contributed by atoms with Crippen LogP contribution in [0.3, 0.4) is 0 Å². The van der Waals surface area contributed by atoms with Gasteiger partial charge in [-0.15, -0.1) is 0 Å². The number of anilines is 1. The molecule has 6 nitrogen and oxygen atoms in total. The SMILES string of the molecule is CCS(=O)(=O)c1ccccc1C(=O)NCc1cccnc1N(C)C. The van der Waals surface area contributed by atoms with Gasteiger partial charge in [-0.3, -0.25) is 4.79 Å². The summed E-state index contributed by atoms with van der Waals surface area (Å²) in [5, 5.41) is 2.78. The Morgan fingerprint density at radius 3 is 2.54 bits per heavy atom. The first kappa shape index (κ1) is 17.9. The van der Waals surface area contributed by atoms with Gasteiger partial charge in [0.25, 0.3) is 5.91 Å². The largest absolute Gasteiger partial charge is 0.362 e. The van der Waals surface area contributed by atoms with Gasteiger partial charge >= 0.3 is 0 Å². The van der Waals surface area contributed by atoms with E-state index in [0.29, 0.717) is 0 Å². The maximum atomic E-state index is 12.5. The number of rotatable bonds is 6. The number of amides is 1. The van der Waals surface area contributed by atoms with Crippen LogP contribution in [0.4, 0.5) is 5.82 Å². The van der Waals surface area contributed by atoms with E-state index >= 15 is 0 Å². The topological polar surface area (TPSA) is 79.4 Å². The number of sulfone groups is 1. The van der Waals surface area contributed by atoms with Gasteiger partial charge in [-0.05, 0) is 18.2 Å². The number of pyridine rings is 1. The molecule has 0 radical (unpaired) electrons. The summed E-state index contributed by atoms with van der Waals surface area (Å²) in [6.07, 6.45) is 1.68. The molecular weight excluding hydrogens is 326 g/mol. The Labute approximate surface area is 142 Å². The molecule has 7 heteroatoms. The number of hydrogen-bond acceptors (Lipinski definition) is 5. The zero-order chi connectivity index (χ0) is 17.7. The van der Waals surface area contributed by atoms with E-state index in [2.05, 4.69) is 10.3 Å². The van der Waals surface area contributed by atoms with Crippen molar-refractivity contribution in [2.45, 2.75) is 18.4 Å². The summed E-state index contributed by atoms with van der Waals surface area (Å²) in [5.74, 6) is 0.286. The van der Waals surface area contributed by atoms with Crippen LogP contribution in [0.2, 0.25) is 0 Å². The number of carbonyl (C=O) groups excluding carboxylic acids is 1.